The van der Waals surface area contributed by atoms with E-state index in [0.29, 0.717) is 17.3 Å². The van der Waals surface area contributed by atoms with Gasteiger partial charge in [-0.1, -0.05) is 17.7 Å². The van der Waals surface area contributed by atoms with E-state index in [-0.39, 0.29) is 5.91 Å². The number of hydrogen-bond acceptors (Lipinski definition) is 3. The Balaban J connectivity index is 1.93. The third-order valence-corrected chi connectivity index (χ3v) is 3.37. The van der Waals surface area contributed by atoms with Crippen molar-refractivity contribution in [3.63, 3.8) is 0 Å². The Bertz CT molecular complexity index is 437. The summed E-state index contributed by atoms with van der Waals surface area (Å²) < 4.78 is 5.11. The van der Waals surface area contributed by atoms with Gasteiger partial charge < -0.3 is 15.0 Å². The van der Waals surface area contributed by atoms with E-state index < -0.39 is 0 Å². The molecule has 1 aliphatic heterocycles. The van der Waals surface area contributed by atoms with E-state index in [2.05, 4.69) is 5.32 Å². The van der Waals surface area contributed by atoms with E-state index in [1.165, 1.54) is 0 Å². The van der Waals surface area contributed by atoms with Crippen LogP contribution in [0.2, 0.25) is 5.02 Å². The molecule has 0 saturated carbocycles. The summed E-state index contributed by atoms with van der Waals surface area (Å²) in [5, 5.41) is 3.67. The maximum absolute atomic E-state index is 11.6. The first-order valence-electron chi connectivity index (χ1n) is 6.01. The van der Waals surface area contributed by atoms with Crippen molar-refractivity contribution in [2.45, 2.75) is 6.42 Å². The monoisotopic (exact) mass is 268 g/mol. The lowest BCUT2D eigenvalue weighted by atomic mass is 10.1. The molecule has 2 rings (SSSR count). The zero-order valence-electron chi connectivity index (χ0n) is 10.4. The summed E-state index contributed by atoms with van der Waals surface area (Å²) in [4.78, 5) is 13.5. The number of hydrogen-bond donors (Lipinski definition) is 1. The minimum absolute atomic E-state index is 0.167. The average molecular weight is 269 g/mol. The number of carbonyl (C=O) groups excluding carboxylic acids is 1. The van der Waals surface area contributed by atoms with E-state index in [4.69, 9.17) is 16.3 Å². The molecule has 0 unspecified atom stereocenters. The summed E-state index contributed by atoms with van der Waals surface area (Å²) in [5.74, 6) is 0.847. The van der Waals surface area contributed by atoms with Gasteiger partial charge in [0.2, 0.25) is 5.91 Å². The molecule has 0 aromatic heterocycles. The standard InChI is InChI=1S/C13H17ClN2O2/c1-18-12-3-2-10(8-11(12)14)4-6-16-7-5-15-9-13(16)17/h2-3,8,15H,4-7,9H2,1H3. The summed E-state index contributed by atoms with van der Waals surface area (Å²) in [6.07, 6.45) is 0.815. The second kappa shape index (κ2) is 6.07. The van der Waals surface area contributed by atoms with Crippen molar-refractivity contribution in [3.05, 3.63) is 28.8 Å². The zero-order chi connectivity index (χ0) is 13.0. The molecule has 1 N–H and O–H groups in total. The SMILES string of the molecule is COc1ccc(CCN2CCNCC2=O)cc1Cl. The van der Waals surface area contributed by atoms with Crippen LogP contribution in [0.25, 0.3) is 0 Å². The highest BCUT2D eigenvalue weighted by Gasteiger charge is 2.16. The van der Waals surface area contributed by atoms with Crippen LogP contribution in [-0.2, 0) is 11.2 Å². The molecule has 18 heavy (non-hydrogen) atoms. The van der Waals surface area contributed by atoms with E-state index in [1.54, 1.807) is 7.11 Å². The van der Waals surface area contributed by atoms with Gasteiger partial charge in [0, 0.05) is 19.6 Å². The zero-order valence-corrected chi connectivity index (χ0v) is 11.2. The number of benzene rings is 1. The second-order valence-corrected chi connectivity index (χ2v) is 4.68. The van der Waals surface area contributed by atoms with Gasteiger partial charge >= 0.3 is 0 Å². The fraction of sp³-hybridized carbons (Fsp3) is 0.462. The van der Waals surface area contributed by atoms with Crippen molar-refractivity contribution in [2.75, 3.05) is 33.3 Å². The van der Waals surface area contributed by atoms with Crippen LogP contribution in [0.3, 0.4) is 0 Å². The average Bonchev–Trinajstić information content (AvgIpc) is 2.38. The van der Waals surface area contributed by atoms with Crippen molar-refractivity contribution in [1.82, 2.24) is 10.2 Å². The molecule has 0 bridgehead atoms. The quantitative estimate of drug-likeness (QED) is 0.896. The van der Waals surface area contributed by atoms with Gasteiger partial charge in [0.25, 0.3) is 0 Å². The summed E-state index contributed by atoms with van der Waals surface area (Å²) in [7, 11) is 1.60. The topological polar surface area (TPSA) is 41.6 Å². The summed E-state index contributed by atoms with van der Waals surface area (Å²) in [5.41, 5.74) is 1.12. The third kappa shape index (κ3) is 3.15. The lowest BCUT2D eigenvalue weighted by Gasteiger charge is -2.27. The van der Waals surface area contributed by atoms with Crippen LogP contribution in [0.1, 0.15) is 5.56 Å². The molecule has 1 saturated heterocycles. The van der Waals surface area contributed by atoms with Crippen LogP contribution in [0, 0.1) is 0 Å². The highest BCUT2D eigenvalue weighted by molar-refractivity contribution is 6.32. The molecule has 4 nitrogen and oxygen atoms in total. The maximum atomic E-state index is 11.6. The predicted octanol–water partition coefficient (Wildman–Crippen LogP) is 1.32. The Morgan fingerprint density at radius 3 is 3.00 bits per heavy atom. The highest BCUT2D eigenvalue weighted by Crippen LogP contribution is 2.25. The second-order valence-electron chi connectivity index (χ2n) is 4.28. The Labute approximate surface area is 112 Å². The van der Waals surface area contributed by atoms with Crippen LogP contribution in [-0.4, -0.2) is 44.1 Å². The number of nitrogens with one attached hydrogen (secondary N) is 1. The first-order chi connectivity index (χ1) is 8.70. The molecular weight excluding hydrogens is 252 g/mol. The number of piperazine rings is 1. The van der Waals surface area contributed by atoms with Gasteiger partial charge in [-0.3, -0.25) is 4.79 Å². The number of nitrogens with zero attached hydrogens (tertiary/aromatic N) is 1. The fourth-order valence-corrected chi connectivity index (χ4v) is 2.29. The Morgan fingerprint density at radius 1 is 1.50 bits per heavy atom. The van der Waals surface area contributed by atoms with Gasteiger partial charge in [-0.25, -0.2) is 0 Å². The van der Waals surface area contributed by atoms with Crippen molar-refractivity contribution in [3.8, 4) is 5.75 Å². The van der Waals surface area contributed by atoms with Gasteiger partial charge in [-0.05, 0) is 24.1 Å². The lowest BCUT2D eigenvalue weighted by molar-refractivity contribution is -0.131. The van der Waals surface area contributed by atoms with Crippen LogP contribution >= 0.6 is 11.6 Å². The molecule has 0 atom stereocenters. The molecule has 1 aromatic carbocycles. The van der Waals surface area contributed by atoms with E-state index in [0.717, 1.165) is 31.6 Å². The van der Waals surface area contributed by atoms with Crippen molar-refractivity contribution < 1.29 is 9.53 Å². The molecule has 1 fully saturated rings. The van der Waals surface area contributed by atoms with Crippen molar-refractivity contribution in [2.24, 2.45) is 0 Å². The number of rotatable bonds is 4. The van der Waals surface area contributed by atoms with Crippen LogP contribution < -0.4 is 10.1 Å². The minimum atomic E-state index is 0.167. The molecule has 1 aliphatic rings. The van der Waals surface area contributed by atoms with Gasteiger partial charge in [0.05, 0.1) is 18.7 Å². The van der Waals surface area contributed by atoms with Gasteiger partial charge in [0.1, 0.15) is 5.75 Å². The molecule has 1 amide bonds. The molecule has 1 aromatic rings. The van der Waals surface area contributed by atoms with Crippen molar-refractivity contribution >= 4 is 17.5 Å². The van der Waals surface area contributed by atoms with E-state index in [9.17, 15) is 4.79 Å². The number of amides is 1. The number of methoxy groups -OCH3 is 1. The largest absolute Gasteiger partial charge is 0.495 e. The van der Waals surface area contributed by atoms with Gasteiger partial charge in [-0.15, -0.1) is 0 Å². The van der Waals surface area contributed by atoms with E-state index >= 15 is 0 Å². The third-order valence-electron chi connectivity index (χ3n) is 3.07. The van der Waals surface area contributed by atoms with Gasteiger partial charge in [-0.2, -0.15) is 0 Å². The highest BCUT2D eigenvalue weighted by atomic mass is 35.5. The van der Waals surface area contributed by atoms with Crippen molar-refractivity contribution in [1.29, 1.82) is 0 Å². The molecule has 0 radical (unpaired) electrons. The molecule has 5 heteroatoms. The summed E-state index contributed by atoms with van der Waals surface area (Å²) in [6.45, 7) is 2.84. The van der Waals surface area contributed by atoms with Crippen LogP contribution in [0.4, 0.5) is 0 Å². The minimum Gasteiger partial charge on any atom is -0.495 e. The fourth-order valence-electron chi connectivity index (χ4n) is 2.01. The number of carbonyl (C=O) groups is 1. The van der Waals surface area contributed by atoms with Crippen LogP contribution in [0.5, 0.6) is 5.75 Å². The number of halogens is 1. The Kier molecular flexibility index (Phi) is 4.44. The predicted molar refractivity (Wildman–Crippen MR) is 71.2 cm³/mol. The molecular formula is C13H17ClN2O2. The lowest BCUT2D eigenvalue weighted by Crippen LogP contribution is -2.48. The molecule has 0 aliphatic carbocycles. The summed E-state index contributed by atoms with van der Waals surface area (Å²) >= 11 is 6.06. The molecule has 1 heterocycles. The smallest absolute Gasteiger partial charge is 0.236 e. The van der Waals surface area contributed by atoms with Crippen LogP contribution in [0.15, 0.2) is 18.2 Å². The van der Waals surface area contributed by atoms with E-state index in [1.807, 2.05) is 23.1 Å². The normalized spacial score (nSPS) is 15.9. The Hall–Kier alpha value is -1.26. The Morgan fingerprint density at radius 2 is 2.33 bits per heavy atom. The first kappa shape index (κ1) is 13.2. The molecule has 0 spiro atoms. The maximum Gasteiger partial charge on any atom is 0.236 e. The first-order valence-corrected chi connectivity index (χ1v) is 6.39. The summed E-state index contributed by atoms with van der Waals surface area (Å²) in [6, 6.07) is 5.74. The van der Waals surface area contributed by atoms with Gasteiger partial charge in [0.15, 0.2) is 0 Å². The molecule has 98 valence electrons. The number of ether oxygens (including phenoxy) is 1.